The Hall–Kier alpha value is -2.36. The van der Waals surface area contributed by atoms with E-state index in [1.165, 1.54) is 13.4 Å². The number of hydrogen-bond donors (Lipinski definition) is 0. The molecule has 0 aliphatic heterocycles. The van der Waals surface area contributed by atoms with Gasteiger partial charge in [0.25, 0.3) is 0 Å². The summed E-state index contributed by atoms with van der Waals surface area (Å²) in [6.07, 6.45) is 4.82. The molecule has 0 bridgehead atoms. The highest BCUT2D eigenvalue weighted by atomic mass is 16.5. The number of methoxy groups -OCH3 is 1. The molecule has 1 aromatic heterocycles. The molecule has 0 amide bonds. The highest BCUT2D eigenvalue weighted by Crippen LogP contribution is 2.08. The fraction of sp³-hybridized carbons (Fsp3) is 0.0769. The summed E-state index contributed by atoms with van der Waals surface area (Å²) in [6.45, 7) is 0. The summed E-state index contributed by atoms with van der Waals surface area (Å²) in [6, 6.07) is 9.74. The Kier molecular flexibility index (Phi) is 3.35. The number of benzene rings is 1. The first-order valence-corrected chi connectivity index (χ1v) is 5.06. The summed E-state index contributed by atoms with van der Waals surface area (Å²) in [7, 11) is 1.30. The van der Waals surface area contributed by atoms with Crippen LogP contribution in [0.2, 0.25) is 0 Å². The Balaban J connectivity index is 2.12. The van der Waals surface area contributed by atoms with Crippen LogP contribution in [0.4, 0.5) is 0 Å². The second-order valence-electron chi connectivity index (χ2n) is 3.31. The molecular formula is C13H11NO3. The van der Waals surface area contributed by atoms with Gasteiger partial charge in [-0.2, -0.15) is 0 Å². The van der Waals surface area contributed by atoms with Crippen LogP contribution in [0.25, 0.3) is 12.2 Å². The molecule has 4 nitrogen and oxygen atoms in total. The van der Waals surface area contributed by atoms with Crippen molar-refractivity contribution in [3.63, 3.8) is 0 Å². The fourth-order valence-electron chi connectivity index (χ4n) is 1.29. The van der Waals surface area contributed by atoms with Crippen LogP contribution in [0.15, 0.2) is 41.0 Å². The molecule has 0 N–H and O–H groups in total. The monoisotopic (exact) mass is 229 g/mol. The summed E-state index contributed by atoms with van der Waals surface area (Å²) < 4.78 is 9.64. The Morgan fingerprint density at radius 3 is 2.76 bits per heavy atom. The highest BCUT2D eigenvalue weighted by Gasteiger charge is 2.10. The molecule has 2 rings (SSSR count). The van der Waals surface area contributed by atoms with Crippen LogP contribution in [-0.2, 0) is 4.74 Å². The van der Waals surface area contributed by atoms with E-state index in [4.69, 9.17) is 4.42 Å². The van der Waals surface area contributed by atoms with Crippen LogP contribution in [0.1, 0.15) is 21.9 Å². The van der Waals surface area contributed by atoms with Crippen LogP contribution < -0.4 is 0 Å². The zero-order chi connectivity index (χ0) is 12.1. The van der Waals surface area contributed by atoms with Crippen LogP contribution in [-0.4, -0.2) is 18.1 Å². The number of carbonyl (C=O) groups excluding carboxylic acids is 1. The lowest BCUT2D eigenvalue weighted by Crippen LogP contribution is -2.00. The second kappa shape index (κ2) is 5.12. The number of rotatable bonds is 3. The van der Waals surface area contributed by atoms with Gasteiger partial charge in [0.1, 0.15) is 6.26 Å². The van der Waals surface area contributed by atoms with Crippen LogP contribution in [0, 0.1) is 0 Å². The maximum atomic E-state index is 11.1. The van der Waals surface area contributed by atoms with Gasteiger partial charge in [0.2, 0.25) is 5.89 Å². The molecule has 0 aliphatic carbocycles. The van der Waals surface area contributed by atoms with Gasteiger partial charge in [0, 0.05) is 6.08 Å². The van der Waals surface area contributed by atoms with Crippen molar-refractivity contribution in [2.24, 2.45) is 0 Å². The third-order valence-electron chi connectivity index (χ3n) is 2.13. The number of esters is 1. The molecule has 86 valence electrons. The molecule has 0 saturated heterocycles. The molecule has 0 unspecified atom stereocenters. The molecule has 0 spiro atoms. The topological polar surface area (TPSA) is 52.3 Å². The minimum absolute atomic E-state index is 0.167. The molecule has 1 heterocycles. The van der Waals surface area contributed by atoms with Gasteiger partial charge >= 0.3 is 5.97 Å². The average molecular weight is 229 g/mol. The molecular weight excluding hydrogens is 218 g/mol. The molecule has 1 aromatic carbocycles. The summed E-state index contributed by atoms with van der Waals surface area (Å²) in [5, 5.41) is 0. The van der Waals surface area contributed by atoms with Crippen LogP contribution in [0.5, 0.6) is 0 Å². The number of hydrogen-bond acceptors (Lipinski definition) is 4. The van der Waals surface area contributed by atoms with Crippen molar-refractivity contribution in [1.29, 1.82) is 0 Å². The minimum atomic E-state index is -0.506. The van der Waals surface area contributed by atoms with Gasteiger partial charge in [-0.15, -0.1) is 0 Å². The van der Waals surface area contributed by atoms with Crippen molar-refractivity contribution in [3.8, 4) is 0 Å². The van der Waals surface area contributed by atoms with E-state index in [0.717, 1.165) is 5.56 Å². The predicted octanol–water partition coefficient (Wildman–Crippen LogP) is 2.63. The van der Waals surface area contributed by atoms with Gasteiger partial charge < -0.3 is 9.15 Å². The SMILES string of the molecule is COC(=O)c1coc(/C=C/c2ccccc2)n1. The Morgan fingerprint density at radius 2 is 2.06 bits per heavy atom. The summed E-state index contributed by atoms with van der Waals surface area (Å²) in [4.78, 5) is 15.1. The van der Waals surface area contributed by atoms with E-state index in [2.05, 4.69) is 9.72 Å². The molecule has 0 radical (unpaired) electrons. The van der Waals surface area contributed by atoms with E-state index < -0.39 is 5.97 Å². The van der Waals surface area contributed by atoms with Crippen molar-refractivity contribution >= 4 is 18.1 Å². The number of carbonyl (C=O) groups is 1. The molecule has 4 heteroatoms. The van der Waals surface area contributed by atoms with Crippen LogP contribution in [0.3, 0.4) is 0 Å². The second-order valence-corrected chi connectivity index (χ2v) is 3.31. The Labute approximate surface area is 98.5 Å². The number of aromatic nitrogens is 1. The van der Waals surface area contributed by atoms with Crippen molar-refractivity contribution in [2.75, 3.05) is 7.11 Å². The van der Waals surface area contributed by atoms with E-state index in [1.807, 2.05) is 36.4 Å². The standard InChI is InChI=1S/C13H11NO3/c1-16-13(15)11-9-17-12(14-11)8-7-10-5-3-2-4-6-10/h2-9H,1H3/b8-7+. The van der Waals surface area contributed by atoms with Gasteiger partial charge in [-0.25, -0.2) is 9.78 Å². The zero-order valence-electron chi connectivity index (χ0n) is 9.29. The van der Waals surface area contributed by atoms with Crippen molar-refractivity contribution in [2.45, 2.75) is 0 Å². The van der Waals surface area contributed by atoms with Gasteiger partial charge in [0.05, 0.1) is 7.11 Å². The third-order valence-corrected chi connectivity index (χ3v) is 2.13. The first-order chi connectivity index (χ1) is 8.29. The zero-order valence-corrected chi connectivity index (χ0v) is 9.29. The number of oxazole rings is 1. The lowest BCUT2D eigenvalue weighted by atomic mass is 10.2. The normalized spacial score (nSPS) is 10.6. The summed E-state index contributed by atoms with van der Waals surface area (Å²) in [5.74, 6) is -0.137. The maximum absolute atomic E-state index is 11.1. The van der Waals surface area contributed by atoms with E-state index in [-0.39, 0.29) is 5.69 Å². The van der Waals surface area contributed by atoms with Gasteiger partial charge in [-0.05, 0) is 11.6 Å². The molecule has 0 fully saturated rings. The number of ether oxygens (including phenoxy) is 1. The molecule has 0 atom stereocenters. The van der Waals surface area contributed by atoms with E-state index >= 15 is 0 Å². The van der Waals surface area contributed by atoms with Gasteiger partial charge in [0.15, 0.2) is 5.69 Å². The number of nitrogens with zero attached hydrogens (tertiary/aromatic N) is 1. The molecule has 0 aliphatic rings. The fourth-order valence-corrected chi connectivity index (χ4v) is 1.29. The van der Waals surface area contributed by atoms with Crippen molar-refractivity contribution in [3.05, 3.63) is 53.7 Å². The van der Waals surface area contributed by atoms with Crippen molar-refractivity contribution in [1.82, 2.24) is 4.98 Å². The highest BCUT2D eigenvalue weighted by molar-refractivity contribution is 5.87. The smallest absolute Gasteiger partial charge is 0.360 e. The van der Waals surface area contributed by atoms with E-state index in [1.54, 1.807) is 6.08 Å². The molecule has 0 saturated carbocycles. The molecule has 2 aromatic rings. The van der Waals surface area contributed by atoms with Crippen LogP contribution >= 0.6 is 0 Å². The Bertz CT molecular complexity index is 529. The Morgan fingerprint density at radius 1 is 1.29 bits per heavy atom. The molecule has 17 heavy (non-hydrogen) atoms. The lowest BCUT2D eigenvalue weighted by Gasteiger charge is -1.90. The lowest BCUT2D eigenvalue weighted by molar-refractivity contribution is 0.0594. The quantitative estimate of drug-likeness (QED) is 0.759. The minimum Gasteiger partial charge on any atom is -0.464 e. The van der Waals surface area contributed by atoms with E-state index in [9.17, 15) is 4.79 Å². The van der Waals surface area contributed by atoms with Gasteiger partial charge in [-0.3, -0.25) is 0 Å². The largest absolute Gasteiger partial charge is 0.464 e. The third kappa shape index (κ3) is 2.81. The van der Waals surface area contributed by atoms with Crippen molar-refractivity contribution < 1.29 is 13.9 Å². The predicted molar refractivity (Wildman–Crippen MR) is 63.2 cm³/mol. The summed E-state index contributed by atoms with van der Waals surface area (Å²) >= 11 is 0. The first-order valence-electron chi connectivity index (χ1n) is 5.06. The van der Waals surface area contributed by atoms with Gasteiger partial charge in [-0.1, -0.05) is 30.3 Å². The maximum Gasteiger partial charge on any atom is 0.360 e. The average Bonchev–Trinajstić information content (AvgIpc) is 2.85. The summed E-state index contributed by atoms with van der Waals surface area (Å²) in [5.41, 5.74) is 1.20. The first kappa shape index (κ1) is 11.1. The van der Waals surface area contributed by atoms with E-state index in [0.29, 0.717) is 5.89 Å².